The molecule has 0 bridgehead atoms. The summed E-state index contributed by atoms with van der Waals surface area (Å²) in [5, 5.41) is -1.20. The number of rotatable bonds is 6. The van der Waals surface area contributed by atoms with Crippen molar-refractivity contribution in [1.29, 1.82) is 0 Å². The van der Waals surface area contributed by atoms with Crippen molar-refractivity contribution in [2.24, 2.45) is 0 Å². The van der Waals surface area contributed by atoms with Crippen LogP contribution in [0.25, 0.3) is 44.2 Å². The molecule has 4 heteroatoms. The van der Waals surface area contributed by atoms with Gasteiger partial charge in [0.15, 0.2) is 11.8 Å². The smallest absolute Gasteiger partial charge is 0.187 e. The second-order valence-corrected chi connectivity index (χ2v) is 11.6. The number of hydrogen-bond acceptors (Lipinski definition) is 4. The minimum Gasteiger partial charge on any atom is -0.469 e. The fraction of sp³-hybridized carbons (Fsp3) is 0.0400. The minimum absolute atomic E-state index is 0.389. The number of furan rings is 1. The second kappa shape index (κ2) is 12.3. The highest BCUT2D eigenvalue weighted by Crippen LogP contribution is 2.57. The molecule has 2 aliphatic heterocycles. The Balaban J connectivity index is 1.30. The lowest BCUT2D eigenvalue weighted by Crippen LogP contribution is -2.32. The molecule has 0 spiro atoms. The second-order valence-electron chi connectivity index (χ2n) is 11.6. The van der Waals surface area contributed by atoms with E-state index in [9.17, 15) is 16.4 Å². The molecule has 256 valence electrons. The Kier molecular flexibility index (Phi) is 2.85. The Bertz CT molecular complexity index is 4580. The van der Waals surface area contributed by atoms with Gasteiger partial charge in [0.2, 0.25) is 0 Å². The van der Waals surface area contributed by atoms with E-state index >= 15 is 0 Å². The summed E-state index contributed by atoms with van der Waals surface area (Å²) in [4.78, 5) is 1.24. The minimum atomic E-state index is -1.87. The zero-order valence-electron chi connectivity index (χ0n) is 58.9. The van der Waals surface area contributed by atoms with Crippen LogP contribution in [-0.4, -0.2) is 6.23 Å². The first-order valence-electron chi connectivity index (χ1n) is 31.9. The molecule has 9 aromatic rings. The van der Waals surface area contributed by atoms with E-state index in [1.54, 1.807) is 0 Å². The van der Waals surface area contributed by atoms with Gasteiger partial charge in [0.1, 0.15) is 11.3 Å². The number of anilines is 5. The third-order valence-corrected chi connectivity index (χ3v) is 8.75. The van der Waals surface area contributed by atoms with Gasteiger partial charge < -0.3 is 19.0 Å². The Hall–Kier alpha value is -7.04. The molecule has 0 aliphatic carbocycles. The molecule has 3 heterocycles. The van der Waals surface area contributed by atoms with Crippen molar-refractivity contribution in [2.75, 3.05) is 9.80 Å². The summed E-state index contributed by atoms with van der Waals surface area (Å²) in [6, 6.07) is -32.1. The van der Waals surface area contributed by atoms with Crippen LogP contribution in [0.5, 0.6) is 5.75 Å². The average Bonchev–Trinajstić information content (AvgIpc) is 1.73. The highest BCUT2D eigenvalue weighted by molar-refractivity contribution is 6.10. The van der Waals surface area contributed by atoms with Crippen LogP contribution in [0.15, 0.2) is 198 Å². The highest BCUT2D eigenvalue weighted by Gasteiger charge is 2.48. The third-order valence-electron chi connectivity index (χ3n) is 8.75. The molecule has 0 radical (unpaired) electrons. The van der Waals surface area contributed by atoms with Gasteiger partial charge in [0, 0.05) is 39.1 Å². The van der Waals surface area contributed by atoms with E-state index in [1.807, 2.05) is 0 Å². The van der Waals surface area contributed by atoms with Gasteiger partial charge in [0.05, 0.1) is 55.5 Å². The molecule has 54 heavy (non-hydrogen) atoms. The Morgan fingerprint density at radius 1 is 0.519 bits per heavy atom. The Morgan fingerprint density at radius 3 is 1.94 bits per heavy atom. The first kappa shape index (κ1) is 12.5. The zero-order valence-corrected chi connectivity index (χ0v) is 26.9. The number of ether oxygens (including phenoxy) is 1. The largest absolute Gasteiger partial charge is 0.469 e. The maximum absolute atomic E-state index is 9.91. The van der Waals surface area contributed by atoms with Crippen LogP contribution in [0.1, 0.15) is 60.9 Å². The number of para-hydroxylation sites is 4. The van der Waals surface area contributed by atoms with Crippen LogP contribution in [0.4, 0.5) is 28.4 Å². The van der Waals surface area contributed by atoms with Gasteiger partial charge >= 0.3 is 0 Å². The summed E-state index contributed by atoms with van der Waals surface area (Å²) in [6.45, 7) is 0. The van der Waals surface area contributed by atoms with Crippen LogP contribution in [-0.2, 0) is 0 Å². The van der Waals surface area contributed by atoms with E-state index in [4.69, 9.17) is 36.6 Å². The molecule has 0 fully saturated rings. The van der Waals surface area contributed by atoms with E-state index in [0.717, 1.165) is 4.90 Å². The first-order chi connectivity index (χ1) is 40.1. The van der Waals surface area contributed by atoms with Crippen LogP contribution in [0, 0.1) is 0 Å². The molecule has 8 aromatic carbocycles. The third kappa shape index (κ3) is 4.77. The molecule has 2 atom stereocenters. The molecule has 2 aliphatic rings. The van der Waals surface area contributed by atoms with E-state index in [-0.39, 0.29) is 0 Å². The van der Waals surface area contributed by atoms with E-state index in [2.05, 4.69) is 0 Å². The van der Waals surface area contributed by atoms with Gasteiger partial charge in [-0.15, -0.1) is 0 Å². The molecule has 0 N–H and O–H groups in total. The molecule has 4 nitrogen and oxygen atoms in total. The van der Waals surface area contributed by atoms with E-state index < -0.39 is 295 Å². The van der Waals surface area contributed by atoms with Gasteiger partial charge in [-0.2, -0.15) is 0 Å². The van der Waals surface area contributed by atoms with Gasteiger partial charge in [-0.1, -0.05) is 133 Å². The van der Waals surface area contributed by atoms with Crippen LogP contribution in [0.2, 0.25) is 0 Å². The van der Waals surface area contributed by atoms with Crippen LogP contribution < -0.4 is 14.5 Å². The zero-order chi connectivity index (χ0) is 63.4. The Labute approximate surface area is 358 Å². The molecule has 1 aromatic heterocycles. The monoisotopic (exact) mass is 726 g/mol. The van der Waals surface area contributed by atoms with Crippen LogP contribution in [0.3, 0.4) is 0 Å². The first-order valence-corrected chi connectivity index (χ1v) is 15.9. The number of fused-ring (bicyclic) bond motifs is 8. The van der Waals surface area contributed by atoms with Gasteiger partial charge in [0.25, 0.3) is 0 Å². The lowest BCUT2D eigenvalue weighted by atomic mass is 9.87. The van der Waals surface area contributed by atoms with Crippen molar-refractivity contribution >= 4 is 50.4 Å². The predicted molar refractivity (Wildman–Crippen MR) is 221 cm³/mol. The van der Waals surface area contributed by atoms with Crippen molar-refractivity contribution in [3.63, 3.8) is 0 Å². The SMILES string of the molecule is [2H]c1c([2H])c([2H])c(-c2c([2H])c([2H])c(N(c3c([2H])c([2H])c(-c4c([2H])c([2H])c([2H])c5c4C4c6c([2H])c([2H])c([2H])c([2H])c6OC4N5c4c([2H])c([2H])c([2H])c([2H])c4[2H])c([2H])c3[2H])c3c([2H])c([2H])c([2H])c4c3oc3c([2H])c([2H])c([2H])c([2H])c34)c([2H])c2[2H])c([2H])c1[2H]. The number of benzene rings is 8. The summed E-state index contributed by atoms with van der Waals surface area (Å²) < 4.78 is 301. The molecular weight excluding hydrogens is 661 g/mol. The highest BCUT2D eigenvalue weighted by atomic mass is 16.5. The van der Waals surface area contributed by atoms with Crippen LogP contribution >= 0.6 is 0 Å². The van der Waals surface area contributed by atoms with Gasteiger partial charge in [-0.3, -0.25) is 0 Å². The maximum Gasteiger partial charge on any atom is 0.187 e. The lowest BCUT2D eigenvalue weighted by Gasteiger charge is -2.26. The molecule has 2 unspecified atom stereocenters. The maximum atomic E-state index is 9.91. The average molecular weight is 727 g/mol. The van der Waals surface area contributed by atoms with Crippen molar-refractivity contribution < 1.29 is 53.0 Å². The molecule has 11 rings (SSSR count). The van der Waals surface area contributed by atoms with E-state index in [1.165, 1.54) is 0 Å². The summed E-state index contributed by atoms with van der Waals surface area (Å²) in [7, 11) is 0. The fourth-order valence-electron chi connectivity index (χ4n) is 6.54. The standard InChI is InChI=1S/C50H34N2O2/c1-3-13-33(14-4-1)34-25-29-37(30-26-34)51(44-22-12-20-41-40-17-7-9-23-45(40)53-49(41)44)38-31-27-35(28-32-38)39-19-11-21-43-47(39)48-42-18-8-10-24-46(42)54-50(48)52(43)36-15-5-2-6-16-36/h1-32,48,50H/i1D,2D,3D,4D,5D,6D,7D,8D,9D,10D,11D,12D,13D,14D,15D,16D,17D,18D,19D,20D,21D,22D,23D,24D,25D,26D,27D,28D,29D,30D,31D,32D. The molecule has 0 saturated heterocycles. The summed E-state index contributed by atoms with van der Waals surface area (Å²) >= 11 is 0. The topological polar surface area (TPSA) is 28.9 Å². The summed E-state index contributed by atoms with van der Waals surface area (Å²) in [5.74, 6) is -2.31. The lowest BCUT2D eigenvalue weighted by molar-refractivity contribution is 0.234. The fourth-order valence-corrected chi connectivity index (χ4v) is 6.54. The quantitative estimate of drug-likeness (QED) is 0.171. The van der Waals surface area contributed by atoms with Crippen molar-refractivity contribution in [1.82, 2.24) is 0 Å². The molecule has 0 saturated carbocycles. The molecular formula is C50H34N2O2. The van der Waals surface area contributed by atoms with Crippen molar-refractivity contribution in [3.05, 3.63) is 204 Å². The predicted octanol–water partition coefficient (Wildman–Crippen LogP) is 13.4. The van der Waals surface area contributed by atoms with Crippen molar-refractivity contribution in [3.8, 4) is 28.0 Å². The van der Waals surface area contributed by atoms with Gasteiger partial charge in [-0.25, -0.2) is 0 Å². The van der Waals surface area contributed by atoms with Crippen molar-refractivity contribution in [2.45, 2.75) is 12.1 Å². The number of nitrogens with zero attached hydrogens (tertiary/aromatic N) is 2. The number of hydrogen-bond donors (Lipinski definition) is 0. The summed E-state index contributed by atoms with van der Waals surface area (Å²) in [6.07, 6.45) is -1.87. The normalized spacial score (nSPS) is 23.8. The molecule has 0 amide bonds. The van der Waals surface area contributed by atoms with Gasteiger partial charge in [-0.05, 0) is 88.2 Å². The van der Waals surface area contributed by atoms with E-state index in [0.29, 0.717) is 4.90 Å². The summed E-state index contributed by atoms with van der Waals surface area (Å²) in [5.41, 5.74) is -10.6. The Morgan fingerprint density at radius 2 is 1.15 bits per heavy atom.